The van der Waals surface area contributed by atoms with Crippen LogP contribution in [0, 0.1) is 11.3 Å². The second kappa shape index (κ2) is 8.23. The third kappa shape index (κ3) is 4.32. The second-order valence-electron chi connectivity index (χ2n) is 8.65. The molecular formula is C22H23F3N4O4S. The average Bonchev–Trinajstić information content (AvgIpc) is 3.19. The molecule has 3 aliphatic rings. The number of halogens is 3. The van der Waals surface area contributed by atoms with E-state index >= 15 is 0 Å². The Morgan fingerprint density at radius 2 is 2.03 bits per heavy atom. The van der Waals surface area contributed by atoms with Crippen LogP contribution in [-0.4, -0.2) is 54.7 Å². The molecule has 182 valence electrons. The van der Waals surface area contributed by atoms with E-state index in [1.165, 1.54) is 12.3 Å². The van der Waals surface area contributed by atoms with Crippen molar-refractivity contribution in [3.63, 3.8) is 0 Å². The van der Waals surface area contributed by atoms with Gasteiger partial charge < -0.3 is 10.2 Å². The summed E-state index contributed by atoms with van der Waals surface area (Å²) in [6, 6.07) is 3.11. The van der Waals surface area contributed by atoms with E-state index in [1.54, 1.807) is 12.2 Å². The molecule has 0 aromatic heterocycles. The minimum Gasteiger partial charge on any atom is -0.336 e. The van der Waals surface area contributed by atoms with Gasteiger partial charge in [-0.15, -0.1) is 0 Å². The zero-order valence-corrected chi connectivity index (χ0v) is 18.9. The van der Waals surface area contributed by atoms with Crippen LogP contribution in [0.3, 0.4) is 0 Å². The molecule has 3 atom stereocenters. The lowest BCUT2D eigenvalue weighted by Crippen LogP contribution is -2.48. The minimum atomic E-state index is -4.95. The van der Waals surface area contributed by atoms with Gasteiger partial charge in [0.05, 0.1) is 27.8 Å². The van der Waals surface area contributed by atoms with E-state index in [-0.39, 0.29) is 13.4 Å². The fourth-order valence-electron chi connectivity index (χ4n) is 4.25. The molecule has 1 N–H and O–H groups in total. The van der Waals surface area contributed by atoms with Gasteiger partial charge in [0.25, 0.3) is 0 Å². The summed E-state index contributed by atoms with van der Waals surface area (Å²) in [5.74, 6) is -1.28. The Balaban J connectivity index is 0.00000342. The Morgan fingerprint density at radius 1 is 1.32 bits per heavy atom. The Hall–Kier alpha value is -3.20. The van der Waals surface area contributed by atoms with Crippen molar-refractivity contribution in [2.45, 2.75) is 60.1 Å². The maximum Gasteiger partial charge on any atom is 0.417 e. The quantitative estimate of drug-likeness (QED) is 0.672. The van der Waals surface area contributed by atoms with E-state index in [4.69, 9.17) is 0 Å². The number of carbonyl (C=O) groups is 2. The SMILES string of the molecule is CC(=O)N1C[C@H](S(=O)(=O)c2ccc(C3C=CC=N3)cc2C(F)(F)F)C[C@H]1C(=O)NC1(C#N)CC1.[HH]. The first-order valence-electron chi connectivity index (χ1n) is 10.5. The molecule has 2 amide bonds. The highest BCUT2D eigenvalue weighted by Gasteiger charge is 2.50. The van der Waals surface area contributed by atoms with Crippen molar-refractivity contribution in [3.05, 3.63) is 41.5 Å². The van der Waals surface area contributed by atoms with E-state index in [0.717, 1.165) is 24.0 Å². The number of allylic oxidation sites excluding steroid dienone is 1. The zero-order valence-electron chi connectivity index (χ0n) is 18.0. The molecule has 1 aliphatic carbocycles. The van der Waals surface area contributed by atoms with Crippen molar-refractivity contribution >= 4 is 27.9 Å². The maximum atomic E-state index is 13.9. The molecule has 0 spiro atoms. The molecule has 2 aliphatic heterocycles. The average molecular weight is 497 g/mol. The smallest absolute Gasteiger partial charge is 0.336 e. The predicted octanol–water partition coefficient (Wildman–Crippen LogP) is 2.57. The molecule has 2 fully saturated rings. The molecule has 4 rings (SSSR count). The van der Waals surface area contributed by atoms with Crippen LogP contribution in [0.15, 0.2) is 40.2 Å². The highest BCUT2D eigenvalue weighted by molar-refractivity contribution is 7.92. The number of amides is 2. The standard InChI is InChI=1S/C22H21F3N4O4S.H2/c1-13(30)29-11-15(10-18(29)20(31)28-21(12-26)6-7-21)34(32,33)19-5-4-14(17-3-2-8-27-17)9-16(19)22(23,24)25;/h2-5,8-9,15,17-18H,6-7,10-11H2,1H3,(H,28,31);1H/t15-,17?,18+;/m1./s1. The highest BCUT2D eigenvalue weighted by Crippen LogP contribution is 2.40. The first-order valence-corrected chi connectivity index (χ1v) is 12.1. The summed E-state index contributed by atoms with van der Waals surface area (Å²) < 4.78 is 68.4. The van der Waals surface area contributed by atoms with Crippen molar-refractivity contribution < 1.29 is 32.6 Å². The van der Waals surface area contributed by atoms with Gasteiger partial charge in [0, 0.05) is 21.1 Å². The van der Waals surface area contributed by atoms with Crippen LogP contribution < -0.4 is 5.32 Å². The normalized spacial score (nSPS) is 25.3. The van der Waals surface area contributed by atoms with E-state index in [0.29, 0.717) is 12.8 Å². The molecule has 1 saturated carbocycles. The Kier molecular flexibility index (Phi) is 5.80. The minimum absolute atomic E-state index is 0. The molecule has 1 aromatic rings. The van der Waals surface area contributed by atoms with Crippen LogP contribution in [0.2, 0.25) is 0 Å². The number of rotatable bonds is 5. The van der Waals surface area contributed by atoms with Crippen LogP contribution in [0.1, 0.15) is 44.8 Å². The Bertz CT molecular complexity index is 1240. The first-order chi connectivity index (χ1) is 15.9. The molecule has 0 radical (unpaired) electrons. The summed E-state index contributed by atoms with van der Waals surface area (Å²) in [6.07, 6.45) is 0.162. The summed E-state index contributed by atoms with van der Waals surface area (Å²) in [6.45, 7) is 0.724. The second-order valence-corrected chi connectivity index (χ2v) is 10.9. The van der Waals surface area contributed by atoms with Gasteiger partial charge in [-0.1, -0.05) is 12.1 Å². The van der Waals surface area contributed by atoms with Gasteiger partial charge in [0.15, 0.2) is 9.84 Å². The van der Waals surface area contributed by atoms with Gasteiger partial charge in [-0.25, -0.2) is 8.42 Å². The van der Waals surface area contributed by atoms with E-state index < -0.39 is 67.7 Å². The summed E-state index contributed by atoms with van der Waals surface area (Å²) in [5.41, 5.74) is -2.16. The predicted molar refractivity (Wildman–Crippen MR) is 116 cm³/mol. The maximum absolute atomic E-state index is 13.9. The summed E-state index contributed by atoms with van der Waals surface area (Å²) in [7, 11) is -4.57. The number of hydrogen-bond donors (Lipinski definition) is 1. The third-order valence-electron chi connectivity index (χ3n) is 6.32. The van der Waals surface area contributed by atoms with Gasteiger partial charge >= 0.3 is 6.18 Å². The van der Waals surface area contributed by atoms with Crippen molar-refractivity contribution in [3.8, 4) is 6.07 Å². The molecule has 12 heteroatoms. The number of benzene rings is 1. The third-order valence-corrected chi connectivity index (χ3v) is 8.51. The number of nitrogens with one attached hydrogen (secondary N) is 1. The first kappa shape index (κ1) is 23.9. The van der Waals surface area contributed by atoms with Gasteiger partial charge in [-0.3, -0.25) is 14.6 Å². The molecule has 8 nitrogen and oxygen atoms in total. The fourth-order valence-corrected chi connectivity index (χ4v) is 6.14. The lowest BCUT2D eigenvalue weighted by molar-refractivity contribution is -0.140. The molecule has 1 aromatic carbocycles. The van der Waals surface area contributed by atoms with Crippen LogP contribution >= 0.6 is 0 Å². The largest absolute Gasteiger partial charge is 0.417 e. The summed E-state index contributed by atoms with van der Waals surface area (Å²) in [5, 5.41) is 10.3. The van der Waals surface area contributed by atoms with Gasteiger partial charge in [-0.05, 0) is 43.0 Å². The number of likely N-dealkylation sites (tertiary alicyclic amines) is 1. The molecule has 1 unspecified atom stereocenters. The van der Waals surface area contributed by atoms with E-state index in [9.17, 15) is 36.4 Å². The number of carbonyl (C=O) groups excluding carboxylic acids is 2. The Morgan fingerprint density at radius 3 is 2.56 bits per heavy atom. The lowest BCUT2D eigenvalue weighted by atomic mass is 10.0. The number of hydrogen-bond acceptors (Lipinski definition) is 6. The van der Waals surface area contributed by atoms with Gasteiger partial charge in [-0.2, -0.15) is 18.4 Å². The van der Waals surface area contributed by atoms with Crippen LogP contribution in [-0.2, 0) is 25.6 Å². The van der Waals surface area contributed by atoms with Crippen LogP contribution in [0.4, 0.5) is 13.2 Å². The van der Waals surface area contributed by atoms with Crippen molar-refractivity contribution in [1.29, 1.82) is 5.26 Å². The number of nitrogens with zero attached hydrogens (tertiary/aromatic N) is 3. The van der Waals surface area contributed by atoms with Crippen LogP contribution in [0.5, 0.6) is 0 Å². The van der Waals surface area contributed by atoms with Crippen molar-refractivity contribution in [2.24, 2.45) is 4.99 Å². The molecular weight excluding hydrogens is 473 g/mol. The molecule has 1 saturated heterocycles. The zero-order chi connectivity index (χ0) is 24.9. The fraction of sp³-hybridized carbons (Fsp3) is 0.455. The monoisotopic (exact) mass is 496 g/mol. The number of sulfone groups is 1. The van der Waals surface area contributed by atoms with E-state index in [2.05, 4.69) is 10.3 Å². The molecule has 34 heavy (non-hydrogen) atoms. The van der Waals surface area contributed by atoms with Gasteiger partial charge in [0.2, 0.25) is 11.8 Å². The number of aliphatic imine (C=N–C) groups is 1. The Labute approximate surface area is 195 Å². The summed E-state index contributed by atoms with van der Waals surface area (Å²) in [4.78, 5) is 29.0. The van der Waals surface area contributed by atoms with Crippen molar-refractivity contribution in [1.82, 2.24) is 10.2 Å². The van der Waals surface area contributed by atoms with Crippen molar-refractivity contribution in [2.75, 3.05) is 6.54 Å². The topological polar surface area (TPSA) is 120 Å². The number of alkyl halides is 3. The molecule has 0 bridgehead atoms. The van der Waals surface area contributed by atoms with Gasteiger partial charge in [0.1, 0.15) is 11.6 Å². The summed E-state index contributed by atoms with van der Waals surface area (Å²) >= 11 is 0. The number of nitriles is 1. The lowest BCUT2D eigenvalue weighted by Gasteiger charge is -2.23. The molecule has 2 heterocycles. The van der Waals surface area contributed by atoms with Crippen LogP contribution in [0.25, 0.3) is 0 Å². The highest BCUT2D eigenvalue weighted by atomic mass is 32.2. The van der Waals surface area contributed by atoms with E-state index in [1.807, 2.05) is 6.07 Å².